The lowest BCUT2D eigenvalue weighted by Gasteiger charge is -2.25. The van der Waals surface area contributed by atoms with Crippen molar-refractivity contribution in [2.75, 3.05) is 35.5 Å². The van der Waals surface area contributed by atoms with Crippen LogP contribution in [-0.2, 0) is 88.1 Å². The van der Waals surface area contributed by atoms with Gasteiger partial charge in [-0.25, -0.2) is 5.48 Å². The summed E-state index contributed by atoms with van der Waals surface area (Å²) in [4.78, 5) is 210. The topological polar surface area (TPSA) is 464 Å². The number of hydrogen-bond donors (Lipinski definition) is 12. The smallest absolute Gasteiger partial charge is 0.313 e. The van der Waals surface area contributed by atoms with Crippen LogP contribution >= 0.6 is 0 Å². The number of benzene rings is 8. The fourth-order valence-electron chi connectivity index (χ4n) is 14.6. The van der Waals surface area contributed by atoms with E-state index in [2.05, 4.69) is 63.3 Å². The molecule has 5 saturated carbocycles. The third-order valence-electron chi connectivity index (χ3n) is 23.2. The second-order valence-electron chi connectivity index (χ2n) is 35.5. The molecular formula is C105H124N12O21. The highest BCUT2D eigenvalue weighted by molar-refractivity contribution is 6.40. The van der Waals surface area contributed by atoms with E-state index in [0.717, 1.165) is 86.5 Å². The van der Waals surface area contributed by atoms with Gasteiger partial charge in [0.2, 0.25) is 46.8 Å². The average molecular weight is 1890 g/mol. The second kappa shape index (κ2) is 52.9. The fourth-order valence-corrected chi connectivity index (χ4v) is 14.6. The zero-order chi connectivity index (χ0) is 99.3. The van der Waals surface area contributed by atoms with Crippen molar-refractivity contribution < 1.29 is 100 Å². The Morgan fingerprint density at radius 3 is 0.797 bits per heavy atom. The molecule has 8 aromatic rings. The van der Waals surface area contributed by atoms with Gasteiger partial charge in [0.05, 0.1) is 35.5 Å². The molecule has 730 valence electrons. The van der Waals surface area contributed by atoms with Crippen molar-refractivity contribution in [1.82, 2.24) is 64.0 Å². The molecule has 0 saturated heterocycles. The molecule has 12 amide bonds. The molecule has 5 aliphatic carbocycles. The number of ether oxygens (including phenoxy) is 4. The predicted octanol–water partition coefficient (Wildman–Crippen LogP) is 8.18. The highest BCUT2D eigenvalue weighted by Crippen LogP contribution is 2.35. The van der Waals surface area contributed by atoms with E-state index in [9.17, 15) is 76.7 Å². The number of ketones is 4. The summed E-state index contributed by atoms with van der Waals surface area (Å²) in [5.74, 6) is -7.11. The van der Waals surface area contributed by atoms with Crippen LogP contribution in [-0.4, -0.2) is 196 Å². The minimum absolute atomic E-state index is 0.0232. The van der Waals surface area contributed by atoms with Crippen LogP contribution in [0.4, 0.5) is 0 Å². The molecule has 0 spiro atoms. The third-order valence-corrected chi connectivity index (χ3v) is 23.2. The molecule has 0 aromatic heterocycles. The normalized spacial score (nSPS) is 15.0. The van der Waals surface area contributed by atoms with Crippen LogP contribution in [0.2, 0.25) is 0 Å². The van der Waals surface area contributed by atoms with Crippen molar-refractivity contribution >= 4 is 94.0 Å². The second-order valence-corrected chi connectivity index (χ2v) is 35.5. The fraction of sp³-hybridized carbons (Fsp3) is 0.390. The van der Waals surface area contributed by atoms with Crippen LogP contribution in [0.5, 0.6) is 23.0 Å². The number of amides is 12. The summed E-state index contributed by atoms with van der Waals surface area (Å²) in [6.45, 7) is 7.47. The first-order valence-corrected chi connectivity index (χ1v) is 46.5. The lowest BCUT2D eigenvalue weighted by Crippen LogP contribution is -2.56. The van der Waals surface area contributed by atoms with E-state index < -0.39 is 142 Å². The summed E-state index contributed by atoms with van der Waals surface area (Å²) in [5.41, 5.74) is 6.63. The van der Waals surface area contributed by atoms with Crippen LogP contribution in [0.25, 0.3) is 0 Å². The Hall–Kier alpha value is -14.8. The van der Waals surface area contributed by atoms with Gasteiger partial charge in [-0.15, -0.1) is 0 Å². The van der Waals surface area contributed by atoms with Crippen LogP contribution in [0.15, 0.2) is 218 Å². The highest BCUT2D eigenvalue weighted by Gasteiger charge is 2.41. The van der Waals surface area contributed by atoms with Gasteiger partial charge in [0.25, 0.3) is 41.4 Å². The van der Waals surface area contributed by atoms with E-state index in [4.69, 9.17) is 18.9 Å². The Bertz CT molecular complexity index is 5370. The summed E-state index contributed by atoms with van der Waals surface area (Å²) in [7, 11) is 7.25. The highest BCUT2D eigenvalue weighted by atomic mass is 16.6. The molecule has 5 fully saturated rings. The largest absolute Gasteiger partial charge is 0.497 e. The molecule has 138 heavy (non-hydrogen) atoms. The summed E-state index contributed by atoms with van der Waals surface area (Å²) in [5, 5.41) is 30.1. The first kappa shape index (κ1) is 105. The Labute approximate surface area is 802 Å². The van der Waals surface area contributed by atoms with Crippen molar-refractivity contribution in [2.45, 2.75) is 203 Å². The van der Waals surface area contributed by atoms with Crippen LogP contribution < -0.4 is 82.9 Å². The zero-order valence-corrected chi connectivity index (χ0v) is 79.0. The van der Waals surface area contributed by atoms with Crippen molar-refractivity contribution in [2.24, 2.45) is 23.7 Å². The number of hydroxylamine groups is 1. The minimum Gasteiger partial charge on any atom is -0.497 e. The van der Waals surface area contributed by atoms with E-state index in [1.165, 1.54) is 35.5 Å². The van der Waals surface area contributed by atoms with Crippen LogP contribution in [0, 0.1) is 23.7 Å². The maximum Gasteiger partial charge on any atom is 0.313 e. The molecule has 8 atom stereocenters. The quantitative estimate of drug-likeness (QED) is 0.0126. The van der Waals surface area contributed by atoms with Crippen molar-refractivity contribution in [3.63, 3.8) is 0 Å². The average Bonchev–Trinajstić information content (AvgIpc) is 1.19. The Morgan fingerprint density at radius 2 is 0.543 bits per heavy atom. The third kappa shape index (κ3) is 35.2. The lowest BCUT2D eigenvalue weighted by atomic mass is 9.98. The van der Waals surface area contributed by atoms with Gasteiger partial charge in [-0.05, 0) is 177 Å². The molecule has 0 bridgehead atoms. The summed E-state index contributed by atoms with van der Waals surface area (Å²) in [6, 6.07) is 55.5. The molecular weight excluding hydrogens is 1770 g/mol. The van der Waals surface area contributed by atoms with E-state index >= 15 is 0 Å². The van der Waals surface area contributed by atoms with E-state index in [-0.39, 0.29) is 55.6 Å². The molecule has 8 unspecified atom stereocenters. The van der Waals surface area contributed by atoms with Crippen LogP contribution in [0.3, 0.4) is 0 Å². The molecule has 0 heterocycles. The van der Waals surface area contributed by atoms with Crippen molar-refractivity contribution in [1.29, 1.82) is 0 Å². The predicted molar refractivity (Wildman–Crippen MR) is 513 cm³/mol. The Morgan fingerprint density at radius 1 is 0.283 bits per heavy atom. The number of carbonyl (C=O) groups excluding carboxylic acids is 16. The van der Waals surface area contributed by atoms with Gasteiger partial charge < -0.3 is 77.4 Å². The van der Waals surface area contributed by atoms with Gasteiger partial charge in [0, 0.05) is 66.1 Å². The first-order valence-electron chi connectivity index (χ1n) is 46.5. The number of carbonyl (C=O) groups is 16. The molecule has 8 aromatic carbocycles. The Kier molecular flexibility index (Phi) is 40.4. The van der Waals surface area contributed by atoms with E-state index in [1.807, 2.05) is 116 Å². The van der Waals surface area contributed by atoms with Crippen molar-refractivity contribution in [3.8, 4) is 23.0 Å². The lowest BCUT2D eigenvalue weighted by molar-refractivity contribution is -0.146. The molecule has 13 rings (SSSR count). The zero-order valence-electron chi connectivity index (χ0n) is 79.0. The summed E-state index contributed by atoms with van der Waals surface area (Å²) >= 11 is 0. The van der Waals surface area contributed by atoms with Gasteiger partial charge >= 0.3 is 5.91 Å². The molecule has 12 N–H and O–H groups in total. The number of rotatable bonds is 47. The van der Waals surface area contributed by atoms with Gasteiger partial charge in [-0.3, -0.25) is 81.6 Å². The monoisotopic (exact) mass is 1890 g/mol. The summed E-state index contributed by atoms with van der Waals surface area (Å²) in [6.07, 6.45) is 11.0. The van der Waals surface area contributed by atoms with Gasteiger partial charge in [-0.1, -0.05) is 199 Å². The Balaban J connectivity index is 0.000000190. The number of hydrogen-bond acceptors (Lipinski definition) is 21. The minimum atomic E-state index is -1.12. The van der Waals surface area contributed by atoms with Gasteiger partial charge in [0.1, 0.15) is 71.3 Å². The van der Waals surface area contributed by atoms with Crippen molar-refractivity contribution in [3.05, 3.63) is 263 Å². The number of nitrogens with one attached hydrogen (secondary N) is 12. The molecule has 33 heteroatoms. The molecule has 33 nitrogen and oxygen atoms in total. The molecule has 0 aliphatic heterocycles. The maximum atomic E-state index is 13.3. The number of Topliss-reactive ketones (excluding diaryl/α,β-unsaturated/α-hetero) is 4. The maximum absolute atomic E-state index is 13.3. The SMILES string of the molecule is CONC(=O)C(=O)C(Cc1ccccc1)NC(=O)C(CC1CC1)NC(=O)c1cccc(OC)c1.COc1cccc(C(=O)NC(C(=O)NC(Cc2ccccc2)C(=O)C(=O)NC2CC2)C(C)C)c1.COc1cccc(C(=O)NC(CC(C)C)C(=O)NC(Cc2ccccc2)C(=O)C(=O)NC2CC2)c1.COc1cccc(C(=O)NC(CC2CC2)C(=O)NC(Cc2ccccc2)C(=O)C(=O)NC2CC2)c1. The standard InChI is InChI=1S/C27H31N3O5.C27H33N3O5.C26H31N3O5.C25H29N3O6/c1-35-21-9-5-8-19(16-21)25(32)30-23(15-18-10-11-18)26(33)29-22(14-17-6-3-2-4-7-17)24(31)27(34)28-20-12-13-20;1-17(2)14-23(30-25(32)19-10-7-11-21(16-19)35-3)26(33)29-22(15-18-8-5-4-6-9-18)24(31)27(34)28-20-12-13-20;1-16(2)22(29-24(31)18-10-7-11-20(15-18)34-3)25(32)28-21(14-17-8-5-4-6-9-17)23(30)26(33)27-19-12-13-19;1-33-19-10-6-9-18(15-19)23(30)27-21(14-17-11-12-17)24(31)26-20(22(29)25(32)28-34-2)13-16-7-4-3-5-8-16/h2-9,16,18,20,22-23H,10-15H2,1H3,(H,28,34)(H,29,33)(H,30,32);4-11,16-17,20,22-23H,12-15H2,1-3H3,(H,28,34)(H,29,33)(H,30,32);4-11,15-16,19,21-22H,12-14H2,1-3H3,(H,27,33)(H,28,32)(H,29,31);3-10,15,17,20-21H,11-14H2,1-2H3,(H,26,31)(H,27,30)(H,28,32). The van der Waals surface area contributed by atoms with Crippen LogP contribution in [0.1, 0.15) is 175 Å². The van der Waals surface area contributed by atoms with Gasteiger partial charge in [-0.2, -0.15) is 0 Å². The van der Waals surface area contributed by atoms with E-state index in [1.54, 1.807) is 135 Å². The van der Waals surface area contributed by atoms with Gasteiger partial charge in [0.15, 0.2) is 0 Å². The van der Waals surface area contributed by atoms with E-state index in [0.29, 0.717) is 76.4 Å². The molecule has 0 radical (unpaired) electrons. The number of methoxy groups -OCH3 is 4. The first-order chi connectivity index (χ1) is 66.4. The molecule has 5 aliphatic rings. The summed E-state index contributed by atoms with van der Waals surface area (Å²) < 4.78 is 20.7.